The summed E-state index contributed by atoms with van der Waals surface area (Å²) >= 11 is 9.67. The van der Waals surface area contributed by atoms with Crippen molar-refractivity contribution in [2.45, 2.75) is 32.7 Å². The van der Waals surface area contributed by atoms with Crippen molar-refractivity contribution in [2.24, 2.45) is 17.8 Å². The minimum atomic E-state index is -0.461. The summed E-state index contributed by atoms with van der Waals surface area (Å²) in [6, 6.07) is 14.1. The number of hydrogen-bond acceptors (Lipinski definition) is 3. The third-order valence-corrected chi connectivity index (χ3v) is 6.85. The molecule has 2 aliphatic rings. The maximum absolute atomic E-state index is 13.5. The smallest absolute Gasteiger partial charge is 0.272 e. The highest BCUT2D eigenvalue weighted by Crippen LogP contribution is 2.41. The molecule has 4 rings (SSSR count). The first kappa shape index (κ1) is 21.1. The maximum atomic E-state index is 13.5. The Kier molecular flexibility index (Phi) is 5.98. The highest BCUT2D eigenvalue weighted by atomic mass is 79.9. The Balaban J connectivity index is 1.72. The van der Waals surface area contributed by atoms with E-state index in [1.165, 1.54) is 5.01 Å². The number of amides is 3. The van der Waals surface area contributed by atoms with E-state index < -0.39 is 5.91 Å². The topological polar surface area (TPSA) is 57.7 Å². The highest BCUT2D eigenvalue weighted by molar-refractivity contribution is 9.10. The lowest BCUT2D eigenvalue weighted by atomic mass is 9.76. The van der Waals surface area contributed by atoms with E-state index in [9.17, 15) is 14.4 Å². The third kappa shape index (κ3) is 3.91. The molecule has 0 spiro atoms. The van der Waals surface area contributed by atoms with Crippen molar-refractivity contribution in [3.8, 4) is 0 Å². The molecule has 1 saturated carbocycles. The first-order valence-electron chi connectivity index (χ1n) is 10.1. The number of halogens is 2. The van der Waals surface area contributed by atoms with Gasteiger partial charge >= 0.3 is 0 Å². The molecule has 0 unspecified atom stereocenters. The lowest BCUT2D eigenvalue weighted by Gasteiger charge is -2.31. The molecule has 0 aromatic heterocycles. The van der Waals surface area contributed by atoms with Crippen LogP contribution >= 0.6 is 27.5 Å². The van der Waals surface area contributed by atoms with Crippen LogP contribution in [0.25, 0.3) is 0 Å². The lowest BCUT2D eigenvalue weighted by Crippen LogP contribution is -2.49. The van der Waals surface area contributed by atoms with Crippen LogP contribution in [0.15, 0.2) is 53.0 Å². The number of carbonyl (C=O) groups excluding carboxylic acids is 3. The van der Waals surface area contributed by atoms with E-state index in [1.807, 2.05) is 24.3 Å². The predicted molar refractivity (Wildman–Crippen MR) is 117 cm³/mol. The summed E-state index contributed by atoms with van der Waals surface area (Å²) in [5.41, 5.74) is 1.07. The van der Waals surface area contributed by atoms with Crippen LogP contribution < -0.4 is 0 Å². The number of rotatable bonds is 4. The minimum Gasteiger partial charge on any atom is -0.272 e. The van der Waals surface area contributed by atoms with Gasteiger partial charge in [-0.05, 0) is 55.0 Å². The standard InChI is InChI=1S/C23H22BrClN2O3/c1-14-6-11-17-19(12-14)23(30)27(22(17)29)26(13-15-7-9-16(24)10-8-15)21(28)18-4-2-3-5-20(18)25/h2-5,7-10,14,17,19H,6,11-13H2,1H3/t14-,17-,19+/m1/s1. The second kappa shape index (κ2) is 8.52. The van der Waals surface area contributed by atoms with Crippen molar-refractivity contribution in [1.82, 2.24) is 10.0 Å². The predicted octanol–water partition coefficient (Wildman–Crippen LogP) is 5.08. The Morgan fingerprint density at radius 3 is 2.43 bits per heavy atom. The van der Waals surface area contributed by atoms with Gasteiger partial charge in [0.05, 0.1) is 29.0 Å². The quantitative estimate of drug-likeness (QED) is 0.563. The first-order chi connectivity index (χ1) is 14.4. The monoisotopic (exact) mass is 488 g/mol. The molecule has 30 heavy (non-hydrogen) atoms. The van der Waals surface area contributed by atoms with Crippen molar-refractivity contribution in [3.63, 3.8) is 0 Å². The minimum absolute atomic E-state index is 0.101. The number of hydrazine groups is 1. The molecule has 2 fully saturated rings. The Morgan fingerprint density at radius 2 is 1.73 bits per heavy atom. The summed E-state index contributed by atoms with van der Waals surface area (Å²) < 4.78 is 0.906. The first-order valence-corrected chi connectivity index (χ1v) is 11.2. The molecule has 156 valence electrons. The van der Waals surface area contributed by atoms with Crippen LogP contribution in [-0.4, -0.2) is 27.7 Å². The third-order valence-electron chi connectivity index (χ3n) is 5.99. The van der Waals surface area contributed by atoms with E-state index in [4.69, 9.17) is 11.6 Å². The van der Waals surface area contributed by atoms with Crippen LogP contribution in [0.5, 0.6) is 0 Å². The second-order valence-electron chi connectivity index (χ2n) is 8.09. The Morgan fingerprint density at radius 1 is 1.07 bits per heavy atom. The zero-order valence-corrected chi connectivity index (χ0v) is 18.9. The van der Waals surface area contributed by atoms with Crippen LogP contribution in [0.1, 0.15) is 42.1 Å². The van der Waals surface area contributed by atoms with Crippen LogP contribution in [0, 0.1) is 17.8 Å². The summed E-state index contributed by atoms with van der Waals surface area (Å²) in [6.07, 6.45) is 2.27. The van der Waals surface area contributed by atoms with Gasteiger partial charge in [0, 0.05) is 4.47 Å². The van der Waals surface area contributed by atoms with E-state index in [-0.39, 0.29) is 40.8 Å². The molecule has 5 nitrogen and oxygen atoms in total. The molecular formula is C23H22BrClN2O3. The SMILES string of the molecule is C[C@@H]1CC[C@H]2C(=O)N(N(Cc3ccc(Br)cc3)C(=O)c3ccccc3Cl)C(=O)[C@H]2C1. The molecule has 1 saturated heterocycles. The Bertz CT molecular complexity index is 994. The maximum Gasteiger partial charge on any atom is 0.274 e. The number of nitrogens with zero attached hydrogens (tertiary/aromatic N) is 2. The molecule has 0 radical (unpaired) electrons. The van der Waals surface area contributed by atoms with Crippen molar-refractivity contribution in [1.29, 1.82) is 0 Å². The van der Waals surface area contributed by atoms with E-state index in [0.717, 1.165) is 21.5 Å². The molecule has 1 heterocycles. The zero-order chi connectivity index (χ0) is 21.4. The summed E-state index contributed by atoms with van der Waals surface area (Å²) in [4.78, 5) is 40.0. The molecule has 1 aliphatic carbocycles. The fraction of sp³-hybridized carbons (Fsp3) is 0.348. The van der Waals surface area contributed by atoms with Crippen LogP contribution in [0.3, 0.4) is 0 Å². The van der Waals surface area contributed by atoms with E-state index in [1.54, 1.807) is 24.3 Å². The lowest BCUT2D eigenvalue weighted by molar-refractivity contribution is -0.155. The average Bonchev–Trinajstić information content (AvgIpc) is 2.97. The van der Waals surface area contributed by atoms with E-state index >= 15 is 0 Å². The second-order valence-corrected chi connectivity index (χ2v) is 9.41. The van der Waals surface area contributed by atoms with Gasteiger partial charge in [0.15, 0.2) is 0 Å². The molecule has 0 bridgehead atoms. The molecular weight excluding hydrogens is 468 g/mol. The van der Waals surface area contributed by atoms with Gasteiger partial charge in [-0.1, -0.05) is 58.7 Å². The van der Waals surface area contributed by atoms with E-state index in [0.29, 0.717) is 18.8 Å². The van der Waals surface area contributed by atoms with Crippen LogP contribution in [0.4, 0.5) is 0 Å². The van der Waals surface area contributed by atoms with Crippen LogP contribution in [-0.2, 0) is 16.1 Å². The average molecular weight is 490 g/mol. The zero-order valence-electron chi connectivity index (χ0n) is 16.6. The molecule has 2 aromatic rings. The number of fused-ring (bicyclic) bond motifs is 1. The largest absolute Gasteiger partial charge is 0.274 e. The number of hydrogen-bond donors (Lipinski definition) is 0. The van der Waals surface area contributed by atoms with E-state index in [2.05, 4.69) is 22.9 Å². The molecule has 2 aromatic carbocycles. The molecule has 3 amide bonds. The summed E-state index contributed by atoms with van der Waals surface area (Å²) in [5.74, 6) is -1.34. The molecule has 1 aliphatic heterocycles. The van der Waals surface area contributed by atoms with Crippen LogP contribution in [0.2, 0.25) is 5.02 Å². The van der Waals surface area contributed by atoms with Gasteiger partial charge < -0.3 is 0 Å². The number of benzene rings is 2. The number of carbonyl (C=O) groups is 3. The van der Waals surface area contributed by atoms with Crippen molar-refractivity contribution in [3.05, 3.63) is 69.2 Å². The Hall–Kier alpha value is -2.18. The molecule has 0 N–H and O–H groups in total. The highest BCUT2D eigenvalue weighted by Gasteiger charge is 2.52. The molecule has 7 heteroatoms. The van der Waals surface area contributed by atoms with Crippen molar-refractivity contribution in [2.75, 3.05) is 0 Å². The summed E-state index contributed by atoms with van der Waals surface area (Å²) in [5, 5.41) is 2.63. The van der Waals surface area contributed by atoms with Gasteiger partial charge in [0.2, 0.25) is 0 Å². The van der Waals surface area contributed by atoms with Gasteiger partial charge in [0.25, 0.3) is 17.7 Å². The fourth-order valence-electron chi connectivity index (χ4n) is 4.38. The van der Waals surface area contributed by atoms with Gasteiger partial charge in [-0.15, -0.1) is 0 Å². The Labute approximate surface area is 189 Å². The van der Waals surface area contributed by atoms with Gasteiger partial charge in [-0.25, -0.2) is 5.01 Å². The van der Waals surface area contributed by atoms with Gasteiger partial charge in [-0.2, -0.15) is 5.01 Å². The summed E-state index contributed by atoms with van der Waals surface area (Å²) in [6.45, 7) is 2.20. The van der Waals surface area contributed by atoms with Crippen molar-refractivity contribution < 1.29 is 14.4 Å². The van der Waals surface area contributed by atoms with Gasteiger partial charge in [-0.3, -0.25) is 14.4 Å². The summed E-state index contributed by atoms with van der Waals surface area (Å²) in [7, 11) is 0. The molecule has 3 atom stereocenters. The van der Waals surface area contributed by atoms with Gasteiger partial charge in [0.1, 0.15) is 0 Å². The number of imide groups is 1. The normalized spacial score (nSPS) is 23.4. The fourth-order valence-corrected chi connectivity index (χ4v) is 4.86. The van der Waals surface area contributed by atoms with Crippen molar-refractivity contribution >= 4 is 45.3 Å².